The van der Waals surface area contributed by atoms with Crippen molar-refractivity contribution >= 4 is 16.0 Å². The number of carbonyl (C=O) groups is 1. The van der Waals surface area contributed by atoms with E-state index in [1.165, 1.54) is 34.6 Å². The van der Waals surface area contributed by atoms with Crippen LogP contribution in [-0.4, -0.2) is 44.6 Å². The van der Waals surface area contributed by atoms with E-state index in [9.17, 15) is 22.0 Å². The normalized spacial score (nSPS) is 13.1. The van der Waals surface area contributed by atoms with Gasteiger partial charge in [0.05, 0.1) is 5.75 Å². The van der Waals surface area contributed by atoms with Crippen LogP contribution in [0.2, 0.25) is 0 Å². The van der Waals surface area contributed by atoms with Gasteiger partial charge in [0.1, 0.15) is 17.9 Å². The highest BCUT2D eigenvalue weighted by Gasteiger charge is 2.29. The monoisotopic (exact) mass is 383 g/mol. The predicted octanol–water partition coefficient (Wildman–Crippen LogP) is 3.31. The highest BCUT2D eigenvalue weighted by atomic mass is 32.2. The molecule has 0 heterocycles. The third kappa shape index (κ3) is 13.9. The van der Waals surface area contributed by atoms with Gasteiger partial charge in [-0.3, -0.25) is 0 Å². The predicted molar refractivity (Wildman–Crippen MR) is 95.3 cm³/mol. The van der Waals surface area contributed by atoms with E-state index >= 15 is 0 Å². The van der Waals surface area contributed by atoms with Crippen LogP contribution in [0.25, 0.3) is 0 Å². The van der Waals surface area contributed by atoms with Gasteiger partial charge in [0, 0.05) is 12.1 Å². The first kappa shape index (κ1) is 24.0. The number of esters is 1. The summed E-state index contributed by atoms with van der Waals surface area (Å²) in [5.41, 5.74) is -2.76. The van der Waals surface area contributed by atoms with E-state index < -0.39 is 33.2 Å². The van der Waals surface area contributed by atoms with Crippen LogP contribution in [-0.2, 0) is 19.6 Å². The molecule has 0 unspecified atom stereocenters. The van der Waals surface area contributed by atoms with Gasteiger partial charge in [-0.1, -0.05) is 6.58 Å². The van der Waals surface area contributed by atoms with Gasteiger partial charge in [-0.15, -0.1) is 0 Å². The lowest BCUT2D eigenvalue weighted by atomic mass is 9.85. The molecule has 0 fully saturated rings. The minimum absolute atomic E-state index is 0.0603. The molecule has 8 heteroatoms. The molecule has 0 aliphatic heterocycles. The fourth-order valence-electron chi connectivity index (χ4n) is 2.51. The van der Waals surface area contributed by atoms with Gasteiger partial charge in [-0.25, -0.2) is 26.7 Å². The number of nitrogens with one attached hydrogen (secondary N) is 1. The summed E-state index contributed by atoms with van der Waals surface area (Å²) in [4.78, 5) is 11.2. The number of ether oxygens (including phenoxy) is 1. The lowest BCUT2D eigenvalue weighted by Gasteiger charge is -2.27. The minimum Gasteiger partial charge on any atom is -0.461 e. The largest absolute Gasteiger partial charge is 0.461 e. The molecule has 0 saturated heterocycles. The Hall–Kier alpha value is -1.02. The molecule has 148 valence electrons. The van der Waals surface area contributed by atoms with Gasteiger partial charge >= 0.3 is 5.97 Å². The molecule has 0 saturated carbocycles. The summed E-state index contributed by atoms with van der Waals surface area (Å²) < 4.78 is 58.8. The number of sulfonamides is 1. The molecule has 0 aromatic carbocycles. The number of rotatable bonds is 12. The molecule has 0 aliphatic rings. The van der Waals surface area contributed by atoms with E-state index in [1.54, 1.807) is 0 Å². The van der Waals surface area contributed by atoms with Gasteiger partial charge in [0.25, 0.3) is 0 Å². The summed E-state index contributed by atoms with van der Waals surface area (Å²) in [5, 5.41) is 0. The van der Waals surface area contributed by atoms with E-state index in [-0.39, 0.29) is 43.7 Å². The number of hydrogen-bond donors (Lipinski definition) is 1. The summed E-state index contributed by atoms with van der Waals surface area (Å²) in [7, 11) is -3.61. The maximum absolute atomic E-state index is 13.9. The minimum atomic E-state index is -3.61. The van der Waals surface area contributed by atoms with Crippen molar-refractivity contribution in [1.29, 1.82) is 0 Å². The number of hydrogen-bond acceptors (Lipinski definition) is 4. The van der Waals surface area contributed by atoms with Crippen LogP contribution in [0.4, 0.5) is 8.78 Å². The maximum Gasteiger partial charge on any atom is 0.333 e. The van der Waals surface area contributed by atoms with Crippen molar-refractivity contribution in [3.63, 3.8) is 0 Å². The second kappa shape index (κ2) is 9.62. The first-order valence-electron chi connectivity index (χ1n) is 8.29. The van der Waals surface area contributed by atoms with Crippen LogP contribution in [0, 0.1) is 5.92 Å². The molecule has 0 atom stereocenters. The zero-order chi connectivity index (χ0) is 19.9. The smallest absolute Gasteiger partial charge is 0.333 e. The molecule has 0 amide bonds. The van der Waals surface area contributed by atoms with Gasteiger partial charge < -0.3 is 4.74 Å². The first-order chi connectivity index (χ1) is 11.1. The van der Waals surface area contributed by atoms with Gasteiger partial charge in [-0.2, -0.15) is 0 Å². The Balaban J connectivity index is 4.49. The Labute approximate surface area is 150 Å². The van der Waals surface area contributed by atoms with Crippen LogP contribution in [0.15, 0.2) is 12.2 Å². The highest BCUT2D eigenvalue weighted by Crippen LogP contribution is 2.31. The van der Waals surface area contributed by atoms with Crippen molar-refractivity contribution in [3.8, 4) is 0 Å². The van der Waals surface area contributed by atoms with E-state index in [4.69, 9.17) is 4.74 Å². The van der Waals surface area contributed by atoms with Crippen molar-refractivity contribution < 1.29 is 26.7 Å². The van der Waals surface area contributed by atoms with E-state index in [2.05, 4.69) is 11.3 Å². The summed E-state index contributed by atoms with van der Waals surface area (Å²) in [6.07, 6.45) is 0.333. The zero-order valence-corrected chi connectivity index (χ0v) is 16.6. The second-order valence-corrected chi connectivity index (χ2v) is 9.56. The standard InChI is InChI=1S/C17H31F2NO4S/c1-13(2)15(21)24-9-8-20-25(22,23)10-7-14(11-16(3,4)18)12-17(5,6)19/h14,20H,1,7-12H2,2-6H3. The summed E-state index contributed by atoms with van der Waals surface area (Å²) in [6.45, 7) is 10.3. The Bertz CT molecular complexity index is 532. The van der Waals surface area contributed by atoms with Gasteiger partial charge in [0.2, 0.25) is 10.0 Å². The number of halogens is 2. The highest BCUT2D eigenvalue weighted by molar-refractivity contribution is 7.89. The molecule has 0 spiro atoms. The van der Waals surface area contributed by atoms with Crippen molar-refractivity contribution in [3.05, 3.63) is 12.2 Å². The van der Waals surface area contributed by atoms with Crippen molar-refractivity contribution in [1.82, 2.24) is 4.72 Å². The average Bonchev–Trinajstić information content (AvgIpc) is 2.37. The van der Waals surface area contributed by atoms with Crippen LogP contribution in [0.3, 0.4) is 0 Å². The van der Waals surface area contributed by atoms with Crippen molar-refractivity contribution in [2.24, 2.45) is 5.92 Å². The van der Waals surface area contributed by atoms with Crippen molar-refractivity contribution in [2.45, 2.75) is 65.2 Å². The molecule has 5 nitrogen and oxygen atoms in total. The topological polar surface area (TPSA) is 72.5 Å². The molecule has 0 aliphatic carbocycles. The van der Waals surface area contributed by atoms with E-state index in [1.807, 2.05) is 0 Å². The lowest BCUT2D eigenvalue weighted by molar-refractivity contribution is -0.138. The summed E-state index contributed by atoms with van der Waals surface area (Å²) in [6, 6.07) is 0. The zero-order valence-electron chi connectivity index (χ0n) is 15.8. The van der Waals surface area contributed by atoms with Crippen LogP contribution >= 0.6 is 0 Å². The lowest BCUT2D eigenvalue weighted by Crippen LogP contribution is -2.32. The fraction of sp³-hybridized carbons (Fsp3) is 0.824. The summed E-state index contributed by atoms with van der Waals surface area (Å²) in [5.74, 6) is -1.22. The van der Waals surface area contributed by atoms with E-state index in [0.717, 1.165) is 0 Å². The van der Waals surface area contributed by atoms with Crippen LogP contribution in [0.5, 0.6) is 0 Å². The second-order valence-electron chi connectivity index (χ2n) is 7.63. The van der Waals surface area contributed by atoms with Crippen molar-refractivity contribution in [2.75, 3.05) is 18.9 Å². The molecular formula is C17H31F2NO4S. The Morgan fingerprint density at radius 1 is 1.16 bits per heavy atom. The third-order valence-electron chi connectivity index (χ3n) is 3.35. The molecule has 0 aromatic heterocycles. The maximum atomic E-state index is 13.9. The molecule has 0 aromatic rings. The Morgan fingerprint density at radius 3 is 2.04 bits per heavy atom. The molecule has 0 bridgehead atoms. The summed E-state index contributed by atoms with van der Waals surface area (Å²) >= 11 is 0. The molecule has 1 N–H and O–H groups in total. The molecular weight excluding hydrogens is 352 g/mol. The fourth-order valence-corrected chi connectivity index (χ4v) is 3.69. The first-order valence-corrected chi connectivity index (χ1v) is 9.94. The molecule has 0 rings (SSSR count). The van der Waals surface area contributed by atoms with Gasteiger partial charge in [-0.05, 0) is 59.8 Å². The quantitative estimate of drug-likeness (QED) is 0.319. The molecule has 0 radical (unpaired) electrons. The Kier molecular flexibility index (Phi) is 9.22. The average molecular weight is 384 g/mol. The third-order valence-corrected chi connectivity index (χ3v) is 4.77. The van der Waals surface area contributed by atoms with Gasteiger partial charge in [0.15, 0.2) is 0 Å². The Morgan fingerprint density at radius 2 is 1.64 bits per heavy atom. The van der Waals surface area contributed by atoms with Crippen LogP contribution < -0.4 is 4.72 Å². The SMILES string of the molecule is C=C(C)C(=O)OCCNS(=O)(=O)CCC(CC(C)(C)F)CC(C)(C)F. The van der Waals surface area contributed by atoms with E-state index in [0.29, 0.717) is 0 Å². The number of carbonyl (C=O) groups excluding carboxylic acids is 1. The van der Waals surface area contributed by atoms with Crippen LogP contribution in [0.1, 0.15) is 53.9 Å². The number of alkyl halides is 2. The molecule has 25 heavy (non-hydrogen) atoms.